The first kappa shape index (κ1) is 28.1. The van der Waals surface area contributed by atoms with E-state index in [1.54, 1.807) is 45.2 Å². The molecular weight excluding hydrogens is 442 g/mol. The monoisotopic (exact) mass is 475 g/mol. The van der Waals surface area contributed by atoms with Gasteiger partial charge in [0.1, 0.15) is 5.69 Å². The summed E-state index contributed by atoms with van der Waals surface area (Å²) < 4.78 is 0. The number of hydrogen-bond donors (Lipinski definition) is 3. The molecular formula is C24H34ClN5O3. The van der Waals surface area contributed by atoms with E-state index in [2.05, 4.69) is 15.3 Å². The number of amides is 2. The molecule has 8 nitrogen and oxygen atoms in total. The molecule has 2 aromatic rings. The molecule has 0 fully saturated rings. The lowest BCUT2D eigenvalue weighted by molar-refractivity contribution is -0.132. The standard InChI is InChI=1S/C19H20ClN5O2.C3H8O.C2H6/c1-3-14-16(24-19(21)25(2)18(14)27)11-5-4-6-13(9-11)23-17(26)15-8-7-12(20)10-22-15;1-3(2)4;1-2/h4-10,14,16H,3H2,1-2H3,(H2,21,24)(H,23,26);3-4H,1-2H3;1-2H3/t14-,16-;;/m1../s1. The Morgan fingerprint density at radius 1 is 1.27 bits per heavy atom. The van der Waals surface area contributed by atoms with E-state index in [-0.39, 0.29) is 41.5 Å². The number of nitrogens with zero attached hydrogens (tertiary/aromatic N) is 3. The number of nitrogens with two attached hydrogens (primary N) is 1. The van der Waals surface area contributed by atoms with Crippen LogP contribution in [0.5, 0.6) is 0 Å². The summed E-state index contributed by atoms with van der Waals surface area (Å²) in [5, 5.41) is 11.3. The Morgan fingerprint density at radius 2 is 1.91 bits per heavy atom. The number of anilines is 1. The summed E-state index contributed by atoms with van der Waals surface area (Å²) in [6.45, 7) is 9.39. The summed E-state index contributed by atoms with van der Waals surface area (Å²) in [4.78, 5) is 34.7. The Labute approximate surface area is 200 Å². The molecule has 0 bridgehead atoms. The average Bonchev–Trinajstić information content (AvgIpc) is 2.79. The predicted molar refractivity (Wildman–Crippen MR) is 133 cm³/mol. The van der Waals surface area contributed by atoms with Crippen molar-refractivity contribution >= 4 is 35.1 Å². The lowest BCUT2D eigenvalue weighted by Gasteiger charge is -2.32. The van der Waals surface area contributed by atoms with E-state index in [4.69, 9.17) is 22.4 Å². The second kappa shape index (κ2) is 13.5. The van der Waals surface area contributed by atoms with E-state index < -0.39 is 0 Å². The predicted octanol–water partition coefficient (Wildman–Crippen LogP) is 4.25. The third-order valence-corrected chi connectivity index (χ3v) is 4.75. The van der Waals surface area contributed by atoms with Crippen LogP contribution in [-0.4, -0.2) is 45.9 Å². The fraction of sp³-hybridized carbons (Fsp3) is 0.417. The highest BCUT2D eigenvalue weighted by Gasteiger charge is 2.35. The summed E-state index contributed by atoms with van der Waals surface area (Å²) in [6.07, 6.45) is 1.89. The van der Waals surface area contributed by atoms with Crippen molar-refractivity contribution in [3.8, 4) is 0 Å². The molecule has 0 radical (unpaired) electrons. The van der Waals surface area contributed by atoms with Crippen LogP contribution in [0.25, 0.3) is 0 Å². The van der Waals surface area contributed by atoms with Crippen molar-refractivity contribution in [1.29, 1.82) is 0 Å². The van der Waals surface area contributed by atoms with Crippen LogP contribution in [0.2, 0.25) is 5.02 Å². The number of carbonyl (C=O) groups excluding carboxylic acids is 2. The van der Waals surface area contributed by atoms with Gasteiger partial charge in [0.05, 0.1) is 17.0 Å². The van der Waals surface area contributed by atoms with Gasteiger partial charge < -0.3 is 16.2 Å². The number of nitrogens with one attached hydrogen (secondary N) is 1. The minimum absolute atomic E-state index is 0.0604. The molecule has 1 aliphatic heterocycles. The smallest absolute Gasteiger partial charge is 0.274 e. The maximum Gasteiger partial charge on any atom is 0.274 e. The van der Waals surface area contributed by atoms with Crippen molar-refractivity contribution in [2.24, 2.45) is 16.6 Å². The Kier molecular flexibility index (Phi) is 11.5. The SMILES string of the molecule is CC.CC(C)O.CC[C@H]1C(=O)N(C)C(N)=N[C@@H]1c1cccc(NC(=O)c2ccc(Cl)cn2)c1. The third kappa shape index (κ3) is 8.14. The van der Waals surface area contributed by atoms with Gasteiger partial charge in [-0.3, -0.25) is 14.5 Å². The average molecular weight is 476 g/mol. The lowest BCUT2D eigenvalue weighted by Crippen LogP contribution is -2.47. The molecule has 180 valence electrons. The number of aliphatic imine (C=N–C) groups is 1. The molecule has 33 heavy (non-hydrogen) atoms. The number of aromatic nitrogens is 1. The van der Waals surface area contributed by atoms with E-state index in [0.29, 0.717) is 17.1 Å². The van der Waals surface area contributed by atoms with Crippen molar-refractivity contribution in [2.45, 2.75) is 53.2 Å². The highest BCUT2D eigenvalue weighted by Crippen LogP contribution is 2.34. The summed E-state index contributed by atoms with van der Waals surface area (Å²) in [5.41, 5.74) is 7.54. The van der Waals surface area contributed by atoms with E-state index in [1.807, 2.05) is 32.9 Å². The summed E-state index contributed by atoms with van der Waals surface area (Å²) in [5.74, 6) is -0.520. The molecule has 2 amide bonds. The fourth-order valence-corrected chi connectivity index (χ4v) is 3.14. The number of pyridine rings is 1. The number of halogens is 1. The molecule has 3 rings (SSSR count). The number of hydrogen-bond acceptors (Lipinski definition) is 6. The van der Waals surface area contributed by atoms with Crippen molar-refractivity contribution in [3.05, 3.63) is 58.9 Å². The van der Waals surface area contributed by atoms with E-state index in [0.717, 1.165) is 5.56 Å². The Hall–Kier alpha value is -2.97. The second-order valence-electron chi connectivity index (χ2n) is 7.38. The molecule has 0 aliphatic carbocycles. The molecule has 2 heterocycles. The van der Waals surface area contributed by atoms with Gasteiger partial charge in [0.15, 0.2) is 5.96 Å². The number of carbonyl (C=O) groups is 2. The van der Waals surface area contributed by atoms with Gasteiger partial charge in [-0.25, -0.2) is 9.98 Å². The van der Waals surface area contributed by atoms with Gasteiger partial charge in [-0.15, -0.1) is 0 Å². The van der Waals surface area contributed by atoms with Crippen LogP contribution in [0.1, 0.15) is 63.1 Å². The van der Waals surface area contributed by atoms with Crippen molar-refractivity contribution in [3.63, 3.8) is 0 Å². The third-order valence-electron chi connectivity index (χ3n) is 4.53. The van der Waals surface area contributed by atoms with Gasteiger partial charge >= 0.3 is 0 Å². The minimum atomic E-state index is -0.385. The Bertz CT molecular complexity index is 945. The van der Waals surface area contributed by atoms with E-state index in [9.17, 15) is 9.59 Å². The molecule has 1 aliphatic rings. The quantitative estimate of drug-likeness (QED) is 0.610. The molecule has 1 aromatic carbocycles. The Balaban J connectivity index is 0.000000820. The molecule has 0 saturated carbocycles. The van der Waals surface area contributed by atoms with Gasteiger partial charge in [0, 0.05) is 25.0 Å². The first-order chi connectivity index (χ1) is 15.6. The summed E-state index contributed by atoms with van der Waals surface area (Å²) in [6, 6.07) is 10.0. The van der Waals surface area contributed by atoms with Crippen LogP contribution < -0.4 is 11.1 Å². The summed E-state index contributed by atoms with van der Waals surface area (Å²) in [7, 11) is 1.62. The normalized spacial score (nSPS) is 17.3. The van der Waals surface area contributed by atoms with Gasteiger partial charge in [0.25, 0.3) is 5.91 Å². The molecule has 4 N–H and O–H groups in total. The van der Waals surface area contributed by atoms with Gasteiger partial charge in [-0.2, -0.15) is 0 Å². The minimum Gasteiger partial charge on any atom is -0.394 e. The van der Waals surface area contributed by atoms with Crippen LogP contribution >= 0.6 is 11.6 Å². The molecule has 0 spiro atoms. The topological polar surface area (TPSA) is 121 Å². The molecule has 9 heteroatoms. The first-order valence-corrected chi connectivity index (χ1v) is 11.3. The first-order valence-electron chi connectivity index (χ1n) is 11.0. The number of aliphatic hydroxyl groups is 1. The number of benzene rings is 1. The zero-order valence-corrected chi connectivity index (χ0v) is 20.8. The van der Waals surface area contributed by atoms with E-state index in [1.165, 1.54) is 11.1 Å². The van der Waals surface area contributed by atoms with E-state index >= 15 is 0 Å². The number of guanidine groups is 1. The summed E-state index contributed by atoms with van der Waals surface area (Å²) >= 11 is 5.80. The zero-order chi connectivity index (χ0) is 25.1. The fourth-order valence-electron chi connectivity index (χ4n) is 3.03. The van der Waals surface area contributed by atoms with Crippen LogP contribution in [-0.2, 0) is 4.79 Å². The van der Waals surface area contributed by atoms with Gasteiger partial charge in [-0.05, 0) is 50.1 Å². The van der Waals surface area contributed by atoms with Crippen molar-refractivity contribution in [2.75, 3.05) is 12.4 Å². The lowest BCUT2D eigenvalue weighted by atomic mass is 9.89. The van der Waals surface area contributed by atoms with Gasteiger partial charge in [-0.1, -0.05) is 44.5 Å². The van der Waals surface area contributed by atoms with Gasteiger partial charge in [0.2, 0.25) is 5.91 Å². The highest BCUT2D eigenvalue weighted by atomic mass is 35.5. The Morgan fingerprint density at radius 3 is 2.45 bits per heavy atom. The number of rotatable bonds is 4. The van der Waals surface area contributed by atoms with Crippen LogP contribution in [0.3, 0.4) is 0 Å². The molecule has 2 atom stereocenters. The van der Waals surface area contributed by atoms with Crippen molar-refractivity contribution < 1.29 is 14.7 Å². The molecule has 0 saturated heterocycles. The maximum absolute atomic E-state index is 12.5. The second-order valence-corrected chi connectivity index (χ2v) is 7.82. The maximum atomic E-state index is 12.5. The van der Waals surface area contributed by atoms with Crippen LogP contribution in [0, 0.1) is 5.92 Å². The zero-order valence-electron chi connectivity index (χ0n) is 20.0. The largest absolute Gasteiger partial charge is 0.394 e. The molecule has 0 unspecified atom stereocenters. The highest BCUT2D eigenvalue weighted by molar-refractivity contribution is 6.30. The molecule has 1 aromatic heterocycles. The number of aliphatic hydroxyl groups excluding tert-OH is 1. The van der Waals surface area contributed by atoms with Crippen molar-refractivity contribution in [1.82, 2.24) is 9.88 Å². The van der Waals surface area contributed by atoms with Crippen LogP contribution in [0.15, 0.2) is 47.6 Å². The van der Waals surface area contributed by atoms with Crippen LogP contribution in [0.4, 0.5) is 5.69 Å².